The standard InChI is InChI=1S/C20H23FN4.C2H6/c1-3-4-16(13-22-2)20-24-18(14-5-7-17(21)8-6-14)19(25-20)15-9-11-23-12-10-15;1-2/h5-12,16,22H,3-4,13H2,1-2H3,(H,24,25);1-2H3. The zero-order valence-corrected chi connectivity index (χ0v) is 16.6. The van der Waals surface area contributed by atoms with Crippen molar-refractivity contribution in [3.05, 3.63) is 60.4 Å². The Labute approximate surface area is 161 Å². The summed E-state index contributed by atoms with van der Waals surface area (Å²) in [6.45, 7) is 7.04. The highest BCUT2D eigenvalue weighted by Crippen LogP contribution is 2.32. The van der Waals surface area contributed by atoms with Crippen molar-refractivity contribution in [2.75, 3.05) is 13.6 Å². The minimum atomic E-state index is -0.246. The van der Waals surface area contributed by atoms with E-state index in [1.54, 1.807) is 24.5 Å². The Kier molecular flexibility index (Phi) is 8.14. The monoisotopic (exact) mass is 368 g/mol. The summed E-state index contributed by atoms with van der Waals surface area (Å²) in [5, 5.41) is 3.25. The van der Waals surface area contributed by atoms with Crippen LogP contribution in [0.15, 0.2) is 48.8 Å². The van der Waals surface area contributed by atoms with E-state index < -0.39 is 0 Å². The highest BCUT2D eigenvalue weighted by molar-refractivity contribution is 5.78. The molecule has 3 aromatic rings. The fraction of sp³-hybridized carbons (Fsp3) is 0.364. The van der Waals surface area contributed by atoms with Gasteiger partial charge in [-0.25, -0.2) is 9.37 Å². The molecule has 1 aromatic carbocycles. The Morgan fingerprint density at radius 1 is 1.04 bits per heavy atom. The molecule has 1 atom stereocenters. The number of hydrogen-bond donors (Lipinski definition) is 2. The van der Waals surface area contributed by atoms with Crippen molar-refractivity contribution in [3.63, 3.8) is 0 Å². The van der Waals surface area contributed by atoms with Gasteiger partial charge in [0.25, 0.3) is 0 Å². The number of benzene rings is 1. The minimum absolute atomic E-state index is 0.246. The lowest BCUT2D eigenvalue weighted by atomic mass is 10.0. The number of H-pyrrole nitrogens is 1. The first-order chi connectivity index (χ1) is 13.2. The van der Waals surface area contributed by atoms with Crippen molar-refractivity contribution in [1.29, 1.82) is 0 Å². The Bertz CT molecular complexity index is 791. The van der Waals surface area contributed by atoms with E-state index in [9.17, 15) is 4.39 Å². The molecule has 5 heteroatoms. The molecule has 3 rings (SSSR count). The molecule has 4 nitrogen and oxygen atoms in total. The van der Waals surface area contributed by atoms with Gasteiger partial charge in [-0.3, -0.25) is 4.98 Å². The lowest BCUT2D eigenvalue weighted by molar-refractivity contribution is 0.554. The van der Waals surface area contributed by atoms with E-state index in [4.69, 9.17) is 4.98 Å². The normalized spacial score (nSPS) is 11.6. The average Bonchev–Trinajstić information content (AvgIpc) is 3.16. The number of imidazole rings is 1. The van der Waals surface area contributed by atoms with Gasteiger partial charge in [0.1, 0.15) is 11.6 Å². The van der Waals surface area contributed by atoms with Crippen LogP contribution in [0.2, 0.25) is 0 Å². The maximum Gasteiger partial charge on any atom is 0.123 e. The maximum absolute atomic E-state index is 13.3. The van der Waals surface area contributed by atoms with Crippen LogP contribution in [0.1, 0.15) is 45.4 Å². The van der Waals surface area contributed by atoms with Crippen molar-refractivity contribution in [2.24, 2.45) is 0 Å². The second-order valence-corrected chi connectivity index (χ2v) is 6.13. The molecule has 0 aliphatic rings. The number of nitrogens with one attached hydrogen (secondary N) is 2. The van der Waals surface area contributed by atoms with Gasteiger partial charge in [0.15, 0.2) is 0 Å². The Morgan fingerprint density at radius 3 is 2.30 bits per heavy atom. The number of aromatic amines is 1. The van der Waals surface area contributed by atoms with Gasteiger partial charge < -0.3 is 10.3 Å². The number of halogens is 1. The van der Waals surface area contributed by atoms with Crippen LogP contribution in [-0.2, 0) is 0 Å². The van der Waals surface area contributed by atoms with Gasteiger partial charge in [-0.1, -0.05) is 27.2 Å². The number of pyridine rings is 1. The van der Waals surface area contributed by atoms with Crippen molar-refractivity contribution in [1.82, 2.24) is 20.3 Å². The van der Waals surface area contributed by atoms with Crippen LogP contribution in [0, 0.1) is 5.82 Å². The van der Waals surface area contributed by atoms with Gasteiger partial charge in [-0.05, 0) is 49.9 Å². The summed E-state index contributed by atoms with van der Waals surface area (Å²) in [7, 11) is 1.95. The van der Waals surface area contributed by atoms with Crippen LogP contribution >= 0.6 is 0 Å². The van der Waals surface area contributed by atoms with Crippen LogP contribution in [0.5, 0.6) is 0 Å². The number of hydrogen-bond acceptors (Lipinski definition) is 3. The molecular formula is C22H29FN4. The Morgan fingerprint density at radius 2 is 1.70 bits per heavy atom. The summed E-state index contributed by atoms with van der Waals surface area (Å²) in [5.74, 6) is 1.02. The Hall–Kier alpha value is -2.53. The summed E-state index contributed by atoms with van der Waals surface area (Å²) < 4.78 is 13.3. The molecule has 2 heterocycles. The van der Waals surface area contributed by atoms with Crippen LogP contribution < -0.4 is 5.32 Å². The van der Waals surface area contributed by atoms with Gasteiger partial charge in [-0.15, -0.1) is 0 Å². The maximum atomic E-state index is 13.3. The molecule has 0 saturated heterocycles. The molecule has 0 saturated carbocycles. The SMILES string of the molecule is CC.CCCC(CNC)c1nc(-c2ccc(F)cc2)c(-c2ccncc2)[nH]1. The van der Waals surface area contributed by atoms with Crippen molar-refractivity contribution in [2.45, 2.75) is 39.5 Å². The predicted molar refractivity (Wildman–Crippen MR) is 110 cm³/mol. The topological polar surface area (TPSA) is 53.6 Å². The van der Waals surface area contributed by atoms with Crippen LogP contribution in [0.25, 0.3) is 22.5 Å². The molecular weight excluding hydrogens is 339 g/mol. The first kappa shape index (κ1) is 20.8. The summed E-state index contributed by atoms with van der Waals surface area (Å²) in [6, 6.07) is 10.4. The number of rotatable bonds is 7. The highest BCUT2D eigenvalue weighted by atomic mass is 19.1. The van der Waals surface area contributed by atoms with E-state index in [2.05, 4.69) is 22.2 Å². The third-order valence-electron chi connectivity index (χ3n) is 4.28. The van der Waals surface area contributed by atoms with E-state index in [1.165, 1.54) is 12.1 Å². The molecule has 0 bridgehead atoms. The summed E-state index contributed by atoms with van der Waals surface area (Å²) in [5.41, 5.74) is 3.71. The fourth-order valence-electron chi connectivity index (χ4n) is 3.06. The van der Waals surface area contributed by atoms with Gasteiger partial charge in [0.2, 0.25) is 0 Å². The molecule has 0 spiro atoms. The van der Waals surface area contributed by atoms with E-state index >= 15 is 0 Å². The molecule has 0 fully saturated rings. The zero-order valence-electron chi connectivity index (χ0n) is 16.6. The first-order valence-corrected chi connectivity index (χ1v) is 9.63. The molecule has 0 aliphatic carbocycles. The third-order valence-corrected chi connectivity index (χ3v) is 4.28. The quantitative estimate of drug-likeness (QED) is 0.586. The van der Waals surface area contributed by atoms with Crippen molar-refractivity contribution in [3.8, 4) is 22.5 Å². The van der Waals surface area contributed by atoms with E-state index in [1.807, 2.05) is 33.0 Å². The molecule has 2 aromatic heterocycles. The van der Waals surface area contributed by atoms with Gasteiger partial charge in [0.05, 0.1) is 11.4 Å². The van der Waals surface area contributed by atoms with Crippen molar-refractivity contribution < 1.29 is 4.39 Å². The zero-order chi connectivity index (χ0) is 19.6. The van der Waals surface area contributed by atoms with E-state index in [-0.39, 0.29) is 5.82 Å². The van der Waals surface area contributed by atoms with Crippen LogP contribution in [-0.4, -0.2) is 28.5 Å². The lowest BCUT2D eigenvalue weighted by Gasteiger charge is -2.12. The number of nitrogens with zero attached hydrogens (tertiary/aromatic N) is 2. The van der Waals surface area contributed by atoms with Crippen LogP contribution in [0.3, 0.4) is 0 Å². The van der Waals surface area contributed by atoms with Crippen LogP contribution in [0.4, 0.5) is 4.39 Å². The summed E-state index contributed by atoms with van der Waals surface area (Å²) in [6.07, 6.45) is 5.67. The Balaban J connectivity index is 0.00000126. The van der Waals surface area contributed by atoms with Gasteiger partial charge in [-0.2, -0.15) is 0 Å². The predicted octanol–water partition coefficient (Wildman–Crippen LogP) is 5.41. The fourth-order valence-corrected chi connectivity index (χ4v) is 3.06. The molecule has 144 valence electrons. The number of aromatic nitrogens is 3. The minimum Gasteiger partial charge on any atom is -0.341 e. The second kappa shape index (κ2) is 10.6. The lowest BCUT2D eigenvalue weighted by Crippen LogP contribution is -2.18. The van der Waals surface area contributed by atoms with E-state index in [0.717, 1.165) is 47.7 Å². The van der Waals surface area contributed by atoms with Gasteiger partial charge in [0, 0.05) is 36.0 Å². The molecule has 2 N–H and O–H groups in total. The summed E-state index contributed by atoms with van der Waals surface area (Å²) >= 11 is 0. The van der Waals surface area contributed by atoms with Gasteiger partial charge >= 0.3 is 0 Å². The highest BCUT2D eigenvalue weighted by Gasteiger charge is 2.19. The number of likely N-dealkylation sites (N-methyl/N-ethyl adjacent to an activating group) is 1. The smallest absolute Gasteiger partial charge is 0.123 e. The average molecular weight is 369 g/mol. The van der Waals surface area contributed by atoms with E-state index in [0.29, 0.717) is 5.92 Å². The molecule has 1 unspecified atom stereocenters. The third kappa shape index (κ3) is 5.23. The second-order valence-electron chi connectivity index (χ2n) is 6.13. The molecule has 0 radical (unpaired) electrons. The molecule has 0 aliphatic heterocycles. The largest absolute Gasteiger partial charge is 0.341 e. The van der Waals surface area contributed by atoms with Crippen molar-refractivity contribution >= 4 is 0 Å². The molecule has 27 heavy (non-hydrogen) atoms. The first-order valence-electron chi connectivity index (χ1n) is 9.63. The summed E-state index contributed by atoms with van der Waals surface area (Å²) in [4.78, 5) is 12.5. The molecule has 0 amide bonds.